The van der Waals surface area contributed by atoms with Crippen LogP contribution < -0.4 is 0 Å². The average Bonchev–Trinajstić information content (AvgIpc) is 2.99. The van der Waals surface area contributed by atoms with Gasteiger partial charge in [0, 0.05) is 38.8 Å². The lowest BCUT2D eigenvalue weighted by Crippen LogP contribution is -2.60. The molecule has 0 aliphatic carbocycles. The van der Waals surface area contributed by atoms with Crippen LogP contribution in [-0.4, -0.2) is 93.6 Å². The molecular formula is C27H41N3O5. The number of fused-ring (bicyclic) bond motifs is 2. The molecule has 1 N–H and O–H groups in total. The van der Waals surface area contributed by atoms with Gasteiger partial charge < -0.3 is 24.5 Å². The van der Waals surface area contributed by atoms with Gasteiger partial charge in [0.15, 0.2) is 0 Å². The van der Waals surface area contributed by atoms with Gasteiger partial charge in [-0.3, -0.25) is 14.4 Å². The van der Waals surface area contributed by atoms with E-state index >= 15 is 0 Å². The lowest BCUT2D eigenvalue weighted by molar-refractivity contribution is -0.156. The molecule has 4 aliphatic rings. The van der Waals surface area contributed by atoms with Gasteiger partial charge in [-0.05, 0) is 39.0 Å². The van der Waals surface area contributed by atoms with Gasteiger partial charge in [0.2, 0.25) is 17.7 Å². The molecule has 0 bridgehead atoms. The molecule has 0 aromatic rings. The number of rotatable bonds is 5. The fraction of sp³-hybridized carbons (Fsp3) is 0.741. The molecular weight excluding hydrogens is 446 g/mol. The Bertz CT molecular complexity index is 966. The number of ether oxygens (including phenoxy) is 1. The van der Waals surface area contributed by atoms with E-state index in [1.54, 1.807) is 16.8 Å². The molecule has 0 aromatic heterocycles. The van der Waals surface area contributed by atoms with Crippen molar-refractivity contribution in [3.05, 3.63) is 24.3 Å². The van der Waals surface area contributed by atoms with E-state index in [0.717, 1.165) is 6.42 Å². The van der Waals surface area contributed by atoms with Gasteiger partial charge in [0.25, 0.3) is 0 Å². The number of aliphatic hydroxyl groups is 1. The third-order valence-corrected chi connectivity index (χ3v) is 8.01. The van der Waals surface area contributed by atoms with Gasteiger partial charge in [-0.25, -0.2) is 0 Å². The standard InChI is InChI=1S/C27H41N3O5/c1-24(2,3)17-25(4,5)30-15-9-12-27-19(22(33)29(14-10-16-31)20(27)23(30)34)18-21(32)28(7)13-8-11-26(18,6)35-27/h8-9,11-12,18-20,31H,10,13-17H2,1-7H3/t18-,19+,20?,26+,27+/m1/s1. The van der Waals surface area contributed by atoms with E-state index in [0.29, 0.717) is 19.5 Å². The summed E-state index contributed by atoms with van der Waals surface area (Å²) in [6, 6.07) is -0.889. The minimum absolute atomic E-state index is 0.00554. The van der Waals surface area contributed by atoms with Gasteiger partial charge in [0.05, 0.1) is 17.4 Å². The maximum atomic E-state index is 14.4. The number of hydrogen-bond acceptors (Lipinski definition) is 5. The summed E-state index contributed by atoms with van der Waals surface area (Å²) in [6.45, 7) is 13.4. The fourth-order valence-electron chi connectivity index (χ4n) is 7.06. The molecule has 4 aliphatic heterocycles. The monoisotopic (exact) mass is 487 g/mol. The zero-order chi connectivity index (χ0) is 26.0. The van der Waals surface area contributed by atoms with Crippen LogP contribution in [0.5, 0.6) is 0 Å². The Labute approximate surface area is 208 Å². The molecule has 2 saturated heterocycles. The third kappa shape index (κ3) is 4.02. The minimum Gasteiger partial charge on any atom is -0.396 e. The first-order chi connectivity index (χ1) is 16.2. The Hall–Kier alpha value is -2.19. The molecule has 0 saturated carbocycles. The van der Waals surface area contributed by atoms with E-state index in [1.807, 2.05) is 36.1 Å². The quantitative estimate of drug-likeness (QED) is 0.599. The molecule has 194 valence electrons. The number of nitrogens with zero attached hydrogens (tertiary/aromatic N) is 3. The summed E-state index contributed by atoms with van der Waals surface area (Å²) < 4.78 is 6.77. The van der Waals surface area contributed by atoms with Crippen LogP contribution in [0.2, 0.25) is 0 Å². The van der Waals surface area contributed by atoms with Crippen LogP contribution in [0.15, 0.2) is 24.3 Å². The van der Waals surface area contributed by atoms with Crippen molar-refractivity contribution >= 4 is 17.7 Å². The lowest BCUT2D eigenvalue weighted by atomic mass is 9.74. The Kier molecular flexibility index (Phi) is 6.24. The van der Waals surface area contributed by atoms with Crippen molar-refractivity contribution in [2.45, 2.75) is 77.2 Å². The van der Waals surface area contributed by atoms with Crippen LogP contribution in [0.1, 0.15) is 54.4 Å². The Morgan fingerprint density at radius 3 is 2.29 bits per heavy atom. The smallest absolute Gasteiger partial charge is 0.249 e. The second-order valence-electron chi connectivity index (χ2n) is 12.6. The third-order valence-electron chi connectivity index (χ3n) is 8.01. The van der Waals surface area contributed by atoms with Crippen molar-refractivity contribution < 1.29 is 24.2 Å². The maximum absolute atomic E-state index is 14.4. The number of aliphatic hydroxyl groups excluding tert-OH is 1. The number of amides is 3. The summed E-state index contributed by atoms with van der Waals surface area (Å²) in [5.41, 5.74) is -2.70. The predicted molar refractivity (Wildman–Crippen MR) is 132 cm³/mol. The number of hydrogen-bond donors (Lipinski definition) is 1. The zero-order valence-corrected chi connectivity index (χ0v) is 22.2. The van der Waals surface area contributed by atoms with Gasteiger partial charge in [0.1, 0.15) is 11.6 Å². The van der Waals surface area contributed by atoms with Crippen LogP contribution in [0.3, 0.4) is 0 Å². The molecule has 35 heavy (non-hydrogen) atoms. The maximum Gasteiger partial charge on any atom is 0.249 e. The van der Waals surface area contributed by atoms with Crippen molar-refractivity contribution in [2.75, 3.05) is 33.3 Å². The highest BCUT2D eigenvalue weighted by molar-refractivity contribution is 6.00. The molecule has 0 aromatic carbocycles. The van der Waals surface area contributed by atoms with Crippen LogP contribution in [-0.2, 0) is 19.1 Å². The van der Waals surface area contributed by atoms with Gasteiger partial charge in [-0.1, -0.05) is 45.1 Å². The van der Waals surface area contributed by atoms with Crippen molar-refractivity contribution in [3.8, 4) is 0 Å². The summed E-state index contributed by atoms with van der Waals surface area (Å²) in [7, 11) is 1.73. The summed E-state index contributed by atoms with van der Waals surface area (Å²) >= 11 is 0. The normalized spacial score (nSPS) is 35.3. The lowest BCUT2D eigenvalue weighted by Gasteiger charge is -2.44. The number of likely N-dealkylation sites (tertiary alicyclic amines) is 1. The van der Waals surface area contributed by atoms with Gasteiger partial charge in [-0.15, -0.1) is 0 Å². The number of likely N-dealkylation sites (N-methyl/N-ethyl adjacent to an activating group) is 1. The van der Waals surface area contributed by atoms with E-state index in [4.69, 9.17) is 4.74 Å². The summed E-state index contributed by atoms with van der Waals surface area (Å²) in [5.74, 6) is -2.09. The molecule has 4 rings (SSSR count). The molecule has 8 nitrogen and oxygen atoms in total. The van der Waals surface area contributed by atoms with Crippen molar-refractivity contribution in [2.24, 2.45) is 17.3 Å². The first-order valence-corrected chi connectivity index (χ1v) is 12.7. The molecule has 5 atom stereocenters. The highest BCUT2D eigenvalue weighted by atomic mass is 16.5. The highest BCUT2D eigenvalue weighted by Gasteiger charge is 2.74. The number of carbonyl (C=O) groups excluding carboxylic acids is 3. The second kappa shape index (κ2) is 8.44. The zero-order valence-electron chi connectivity index (χ0n) is 22.2. The van der Waals surface area contributed by atoms with Gasteiger partial charge in [-0.2, -0.15) is 0 Å². The molecule has 1 spiro atoms. The Balaban J connectivity index is 1.84. The summed E-state index contributed by atoms with van der Waals surface area (Å²) in [6.07, 6.45) is 8.73. The fourth-order valence-corrected chi connectivity index (χ4v) is 7.06. The predicted octanol–water partition coefficient (Wildman–Crippen LogP) is 1.98. The van der Waals surface area contributed by atoms with E-state index in [2.05, 4.69) is 34.6 Å². The topological polar surface area (TPSA) is 90.4 Å². The minimum atomic E-state index is -1.24. The molecule has 0 radical (unpaired) electrons. The first kappa shape index (κ1) is 25.9. The Morgan fingerprint density at radius 2 is 1.66 bits per heavy atom. The highest BCUT2D eigenvalue weighted by Crippen LogP contribution is 2.57. The van der Waals surface area contributed by atoms with Crippen molar-refractivity contribution in [1.82, 2.24) is 14.7 Å². The molecule has 1 unspecified atom stereocenters. The van der Waals surface area contributed by atoms with E-state index in [-0.39, 0.29) is 36.3 Å². The summed E-state index contributed by atoms with van der Waals surface area (Å²) in [4.78, 5) is 47.0. The molecule has 2 fully saturated rings. The van der Waals surface area contributed by atoms with Crippen LogP contribution in [0, 0.1) is 17.3 Å². The molecule has 8 heteroatoms. The van der Waals surface area contributed by atoms with Gasteiger partial charge >= 0.3 is 0 Å². The Morgan fingerprint density at radius 1 is 1.00 bits per heavy atom. The van der Waals surface area contributed by atoms with E-state index in [1.165, 1.54) is 0 Å². The average molecular weight is 488 g/mol. The van der Waals surface area contributed by atoms with Crippen molar-refractivity contribution in [3.63, 3.8) is 0 Å². The second-order valence-corrected chi connectivity index (χ2v) is 12.6. The van der Waals surface area contributed by atoms with E-state index < -0.39 is 34.6 Å². The van der Waals surface area contributed by atoms with Crippen LogP contribution >= 0.6 is 0 Å². The van der Waals surface area contributed by atoms with Crippen molar-refractivity contribution in [1.29, 1.82) is 0 Å². The van der Waals surface area contributed by atoms with Crippen LogP contribution in [0.25, 0.3) is 0 Å². The first-order valence-electron chi connectivity index (χ1n) is 12.7. The molecule has 3 amide bonds. The van der Waals surface area contributed by atoms with Crippen LogP contribution in [0.4, 0.5) is 0 Å². The largest absolute Gasteiger partial charge is 0.396 e. The SMILES string of the molecule is CN1CC=C[C@]2(C)O[C@]34C=CCN(C(C)(C)CC(C)(C)C)C(=O)C3N(CCCO)C(=O)[C@@H]4[C@@H]2C1=O. The number of carbonyl (C=O) groups is 3. The van der Waals surface area contributed by atoms with E-state index in [9.17, 15) is 19.5 Å². The molecule has 4 heterocycles. The summed E-state index contributed by atoms with van der Waals surface area (Å²) in [5, 5.41) is 9.53.